The molecule has 0 spiro atoms. The van der Waals surface area contributed by atoms with Crippen molar-refractivity contribution in [3.63, 3.8) is 0 Å². The Kier molecular flexibility index (Phi) is 3.84. The lowest BCUT2D eigenvalue weighted by Gasteiger charge is -2.43. The number of aromatic nitrogens is 2. The van der Waals surface area contributed by atoms with Crippen molar-refractivity contribution in [1.82, 2.24) is 19.4 Å². The maximum absolute atomic E-state index is 14.0. The second kappa shape index (κ2) is 5.66. The molecule has 1 aromatic heterocycles. The van der Waals surface area contributed by atoms with Gasteiger partial charge < -0.3 is 9.80 Å². The molecule has 0 aliphatic carbocycles. The zero-order chi connectivity index (χ0) is 15.7. The molecule has 0 bridgehead atoms. The summed E-state index contributed by atoms with van der Waals surface area (Å²) in [5.41, 5.74) is 0. The summed E-state index contributed by atoms with van der Waals surface area (Å²) in [5.74, 6) is -3.08. The Labute approximate surface area is 126 Å². The zero-order valence-corrected chi connectivity index (χ0v) is 12.1. The second-order valence-electron chi connectivity index (χ2n) is 5.89. The molecule has 3 heterocycles. The molecule has 2 aliphatic rings. The molecule has 8 heteroatoms. The maximum atomic E-state index is 14.0. The summed E-state index contributed by atoms with van der Waals surface area (Å²) in [5, 5.41) is 0. The molecule has 0 unspecified atom stereocenters. The highest BCUT2D eigenvalue weighted by Gasteiger charge is 2.45. The largest absolute Gasteiger partial charge is 0.338 e. The van der Waals surface area contributed by atoms with Crippen molar-refractivity contribution in [2.45, 2.75) is 37.6 Å². The van der Waals surface area contributed by atoms with Gasteiger partial charge in [0.15, 0.2) is 0 Å². The van der Waals surface area contributed by atoms with E-state index in [0.717, 1.165) is 17.7 Å². The van der Waals surface area contributed by atoms with E-state index in [9.17, 15) is 18.4 Å². The molecule has 2 aliphatic heterocycles. The SMILES string of the molecule is O=C1CCCCN1[C@H]1CN(C(=O)n2ccnc2)CC(F)(F)C1. The van der Waals surface area contributed by atoms with E-state index in [1.807, 2.05) is 0 Å². The van der Waals surface area contributed by atoms with E-state index >= 15 is 0 Å². The minimum absolute atomic E-state index is 0.0935. The number of amides is 2. The molecule has 0 N–H and O–H groups in total. The first-order valence-electron chi connectivity index (χ1n) is 7.41. The van der Waals surface area contributed by atoms with Gasteiger partial charge in [-0.15, -0.1) is 0 Å². The third-order valence-corrected chi connectivity index (χ3v) is 4.18. The number of alkyl halides is 2. The number of likely N-dealkylation sites (tertiary alicyclic amines) is 2. The summed E-state index contributed by atoms with van der Waals surface area (Å²) in [6.45, 7) is 0.00751. The molecule has 3 rings (SSSR count). The first-order valence-corrected chi connectivity index (χ1v) is 7.41. The van der Waals surface area contributed by atoms with E-state index in [-0.39, 0.29) is 18.9 Å². The summed E-state index contributed by atoms with van der Waals surface area (Å²) in [6.07, 6.45) is 5.78. The van der Waals surface area contributed by atoms with Crippen LogP contribution in [0.25, 0.3) is 0 Å². The van der Waals surface area contributed by atoms with Crippen LogP contribution in [-0.2, 0) is 4.79 Å². The Morgan fingerprint density at radius 2 is 2.18 bits per heavy atom. The van der Waals surface area contributed by atoms with E-state index < -0.39 is 24.5 Å². The van der Waals surface area contributed by atoms with E-state index in [1.165, 1.54) is 28.2 Å². The van der Waals surface area contributed by atoms with Crippen LogP contribution in [0.1, 0.15) is 25.7 Å². The van der Waals surface area contributed by atoms with Crippen LogP contribution in [0, 0.1) is 0 Å². The number of halogens is 2. The van der Waals surface area contributed by atoms with Crippen LogP contribution in [0.4, 0.5) is 13.6 Å². The lowest BCUT2D eigenvalue weighted by Crippen LogP contribution is -2.59. The van der Waals surface area contributed by atoms with Crippen molar-refractivity contribution >= 4 is 11.9 Å². The van der Waals surface area contributed by atoms with Crippen LogP contribution >= 0.6 is 0 Å². The number of piperidine rings is 2. The standard InChI is InChI=1S/C14H18F2N4O2/c15-14(16)7-11(20-5-2-1-3-12(20)21)8-19(9-14)13(22)18-6-4-17-10-18/h4,6,10-11H,1-3,5,7-9H2/t11-/m1/s1. The predicted octanol–water partition coefficient (Wildman–Crippen LogP) is 1.57. The third kappa shape index (κ3) is 2.95. The van der Waals surface area contributed by atoms with Gasteiger partial charge in [0.2, 0.25) is 5.91 Å². The van der Waals surface area contributed by atoms with Gasteiger partial charge in [0.1, 0.15) is 6.33 Å². The topological polar surface area (TPSA) is 58.4 Å². The fraction of sp³-hybridized carbons (Fsp3) is 0.643. The molecule has 0 saturated carbocycles. The van der Waals surface area contributed by atoms with Crippen LogP contribution in [0.5, 0.6) is 0 Å². The van der Waals surface area contributed by atoms with Gasteiger partial charge in [-0.2, -0.15) is 0 Å². The van der Waals surface area contributed by atoms with Crippen LogP contribution in [0.2, 0.25) is 0 Å². The van der Waals surface area contributed by atoms with Crippen LogP contribution in [0.15, 0.2) is 18.7 Å². The number of carbonyl (C=O) groups excluding carboxylic acids is 2. The number of carbonyl (C=O) groups is 2. The molecular formula is C14H18F2N4O2. The lowest BCUT2D eigenvalue weighted by atomic mass is 9.98. The van der Waals surface area contributed by atoms with Gasteiger partial charge in [-0.1, -0.05) is 0 Å². The molecular weight excluding hydrogens is 294 g/mol. The minimum atomic E-state index is -2.99. The van der Waals surface area contributed by atoms with E-state index in [0.29, 0.717) is 13.0 Å². The molecule has 22 heavy (non-hydrogen) atoms. The van der Waals surface area contributed by atoms with Gasteiger partial charge in [0, 0.05) is 38.3 Å². The Hall–Kier alpha value is -1.99. The normalized spacial score (nSPS) is 25.4. The van der Waals surface area contributed by atoms with Gasteiger partial charge in [0.05, 0.1) is 12.6 Å². The van der Waals surface area contributed by atoms with Crippen molar-refractivity contribution < 1.29 is 18.4 Å². The number of hydrogen-bond acceptors (Lipinski definition) is 3. The molecule has 6 nitrogen and oxygen atoms in total. The first kappa shape index (κ1) is 14.9. The van der Waals surface area contributed by atoms with E-state index in [1.54, 1.807) is 0 Å². The zero-order valence-electron chi connectivity index (χ0n) is 12.1. The molecule has 2 saturated heterocycles. The Balaban J connectivity index is 1.78. The summed E-state index contributed by atoms with van der Waals surface area (Å²) < 4.78 is 29.2. The van der Waals surface area contributed by atoms with Crippen LogP contribution < -0.4 is 0 Å². The van der Waals surface area contributed by atoms with Crippen molar-refractivity contribution in [3.8, 4) is 0 Å². The van der Waals surface area contributed by atoms with Crippen LogP contribution in [-0.4, -0.2) is 62.9 Å². The molecule has 2 amide bonds. The highest BCUT2D eigenvalue weighted by Crippen LogP contribution is 2.31. The predicted molar refractivity (Wildman–Crippen MR) is 73.5 cm³/mol. The van der Waals surface area contributed by atoms with Crippen LogP contribution in [0.3, 0.4) is 0 Å². The van der Waals surface area contributed by atoms with Crippen molar-refractivity contribution in [3.05, 3.63) is 18.7 Å². The highest BCUT2D eigenvalue weighted by molar-refractivity contribution is 5.78. The van der Waals surface area contributed by atoms with Gasteiger partial charge in [-0.3, -0.25) is 9.36 Å². The van der Waals surface area contributed by atoms with Gasteiger partial charge in [-0.25, -0.2) is 18.6 Å². The quantitative estimate of drug-likeness (QED) is 0.791. The Morgan fingerprint density at radius 3 is 2.86 bits per heavy atom. The van der Waals surface area contributed by atoms with Crippen molar-refractivity contribution in [1.29, 1.82) is 0 Å². The molecule has 2 fully saturated rings. The average molecular weight is 312 g/mol. The summed E-state index contributed by atoms with van der Waals surface area (Å²) >= 11 is 0. The molecule has 0 radical (unpaired) electrons. The molecule has 1 atom stereocenters. The Morgan fingerprint density at radius 1 is 1.36 bits per heavy atom. The van der Waals surface area contributed by atoms with E-state index in [2.05, 4.69) is 4.98 Å². The number of imidazole rings is 1. The molecule has 1 aromatic rings. The fourth-order valence-corrected chi connectivity index (χ4v) is 3.17. The number of nitrogens with zero attached hydrogens (tertiary/aromatic N) is 4. The van der Waals surface area contributed by atoms with Gasteiger partial charge in [-0.05, 0) is 12.8 Å². The third-order valence-electron chi connectivity index (χ3n) is 4.18. The number of rotatable bonds is 1. The van der Waals surface area contributed by atoms with Crippen molar-refractivity contribution in [2.75, 3.05) is 19.6 Å². The highest BCUT2D eigenvalue weighted by atomic mass is 19.3. The number of hydrogen-bond donors (Lipinski definition) is 0. The van der Waals surface area contributed by atoms with E-state index in [4.69, 9.17) is 0 Å². The molecule has 0 aromatic carbocycles. The fourth-order valence-electron chi connectivity index (χ4n) is 3.17. The lowest BCUT2D eigenvalue weighted by molar-refractivity contribution is -0.142. The summed E-state index contributed by atoms with van der Waals surface area (Å²) in [4.78, 5) is 30.6. The maximum Gasteiger partial charge on any atom is 0.329 e. The van der Waals surface area contributed by atoms with Gasteiger partial charge in [0.25, 0.3) is 5.92 Å². The molecule has 120 valence electrons. The Bertz CT molecular complexity index is 561. The summed E-state index contributed by atoms with van der Waals surface area (Å²) in [6, 6.07) is -1.16. The average Bonchev–Trinajstić information content (AvgIpc) is 2.99. The summed E-state index contributed by atoms with van der Waals surface area (Å²) in [7, 11) is 0. The smallest absolute Gasteiger partial charge is 0.329 e. The monoisotopic (exact) mass is 312 g/mol. The minimum Gasteiger partial charge on any atom is -0.338 e. The first-order chi connectivity index (χ1) is 10.5. The second-order valence-corrected chi connectivity index (χ2v) is 5.89. The van der Waals surface area contributed by atoms with Crippen molar-refractivity contribution in [2.24, 2.45) is 0 Å². The van der Waals surface area contributed by atoms with Gasteiger partial charge >= 0.3 is 6.03 Å².